The van der Waals surface area contributed by atoms with Crippen LogP contribution in [0.3, 0.4) is 0 Å². The Balaban J connectivity index is 1.56. The van der Waals surface area contributed by atoms with Gasteiger partial charge in [0.2, 0.25) is 0 Å². The third kappa shape index (κ3) is 5.46. The maximum Gasteiger partial charge on any atom is 0.416 e. The van der Waals surface area contributed by atoms with E-state index in [9.17, 15) is 28.1 Å². The number of nitro groups is 1. The molecule has 9 nitrogen and oxygen atoms in total. The Morgan fingerprint density at radius 3 is 2.42 bits per heavy atom. The Hall–Kier alpha value is -2.80. The van der Waals surface area contributed by atoms with Crippen molar-refractivity contribution in [3.05, 3.63) is 38.2 Å². The van der Waals surface area contributed by atoms with Crippen molar-refractivity contribution >= 4 is 38.0 Å². The number of non-ortho nitro benzene ring substituents is 1. The SMILES string of the molecule is CON=C1CCC(CN2C(C)CN(c3nc(=O)c4cc(C(F)(F)F)cc([N+](=O)[O-])c4s3)CC2C)CC1. The molecule has 1 aliphatic carbocycles. The lowest BCUT2D eigenvalue weighted by Crippen LogP contribution is -2.58. The summed E-state index contributed by atoms with van der Waals surface area (Å²) < 4.78 is 39.6. The number of anilines is 1. The molecule has 1 saturated heterocycles. The molecule has 1 aliphatic heterocycles. The normalized spacial score (nSPS) is 23.7. The van der Waals surface area contributed by atoms with E-state index < -0.39 is 33.3 Å². The van der Waals surface area contributed by atoms with Gasteiger partial charge >= 0.3 is 6.18 Å². The summed E-state index contributed by atoms with van der Waals surface area (Å²) >= 11 is 0.890. The van der Waals surface area contributed by atoms with Crippen molar-refractivity contribution < 1.29 is 22.9 Å². The lowest BCUT2D eigenvalue weighted by atomic mass is 9.87. The Morgan fingerprint density at radius 1 is 1.22 bits per heavy atom. The molecule has 2 aromatic rings. The average molecular weight is 528 g/mol. The Labute approximate surface area is 209 Å². The lowest BCUT2D eigenvalue weighted by Gasteiger charge is -2.46. The molecule has 0 spiro atoms. The van der Waals surface area contributed by atoms with E-state index in [-0.39, 0.29) is 21.9 Å². The second-order valence-corrected chi connectivity index (χ2v) is 10.5. The highest BCUT2D eigenvalue weighted by atomic mass is 32.1. The predicted molar refractivity (Wildman–Crippen MR) is 132 cm³/mol. The van der Waals surface area contributed by atoms with Crippen LogP contribution in [0.4, 0.5) is 24.0 Å². The molecule has 2 aliphatic rings. The fraction of sp³-hybridized carbons (Fsp3) is 0.609. The zero-order valence-electron chi connectivity index (χ0n) is 20.2. The molecule has 36 heavy (non-hydrogen) atoms. The van der Waals surface area contributed by atoms with E-state index in [1.54, 1.807) is 7.11 Å². The molecule has 196 valence electrons. The summed E-state index contributed by atoms with van der Waals surface area (Å²) in [5.41, 5.74) is -1.78. The summed E-state index contributed by atoms with van der Waals surface area (Å²) in [6.07, 6.45) is -0.888. The number of rotatable bonds is 5. The van der Waals surface area contributed by atoms with E-state index in [0.29, 0.717) is 31.1 Å². The van der Waals surface area contributed by atoms with Crippen molar-refractivity contribution in [2.45, 2.75) is 57.8 Å². The number of hydrogen-bond donors (Lipinski definition) is 0. The van der Waals surface area contributed by atoms with Crippen molar-refractivity contribution in [3.8, 4) is 0 Å². The van der Waals surface area contributed by atoms with Crippen LogP contribution in [0, 0.1) is 16.0 Å². The third-order valence-electron chi connectivity index (χ3n) is 6.96. The summed E-state index contributed by atoms with van der Waals surface area (Å²) in [7, 11) is 1.56. The minimum Gasteiger partial charge on any atom is -0.399 e. The lowest BCUT2D eigenvalue weighted by molar-refractivity contribution is -0.383. The summed E-state index contributed by atoms with van der Waals surface area (Å²) in [6.45, 7) is 6.21. The van der Waals surface area contributed by atoms with Gasteiger partial charge in [0.05, 0.1) is 21.6 Å². The summed E-state index contributed by atoms with van der Waals surface area (Å²) in [4.78, 5) is 36.7. The minimum atomic E-state index is -4.81. The van der Waals surface area contributed by atoms with Gasteiger partial charge in [-0.25, -0.2) is 0 Å². The molecule has 1 aromatic carbocycles. The number of halogens is 3. The van der Waals surface area contributed by atoms with Crippen LogP contribution < -0.4 is 10.5 Å². The van der Waals surface area contributed by atoms with Gasteiger partial charge in [0, 0.05) is 37.8 Å². The molecule has 1 aromatic heterocycles. The van der Waals surface area contributed by atoms with E-state index in [1.807, 2.05) is 4.90 Å². The van der Waals surface area contributed by atoms with Crippen LogP contribution in [-0.2, 0) is 11.0 Å². The molecule has 0 N–H and O–H groups in total. The first-order chi connectivity index (χ1) is 17.0. The number of aromatic nitrogens is 1. The largest absolute Gasteiger partial charge is 0.416 e. The van der Waals surface area contributed by atoms with Gasteiger partial charge in [0.25, 0.3) is 11.2 Å². The van der Waals surface area contributed by atoms with Gasteiger partial charge in [0.1, 0.15) is 11.8 Å². The van der Waals surface area contributed by atoms with E-state index >= 15 is 0 Å². The topological polar surface area (TPSA) is 101 Å². The third-order valence-corrected chi connectivity index (χ3v) is 8.12. The van der Waals surface area contributed by atoms with Gasteiger partial charge in [-0.3, -0.25) is 19.8 Å². The highest BCUT2D eigenvalue weighted by molar-refractivity contribution is 7.22. The summed E-state index contributed by atoms with van der Waals surface area (Å²) in [5.74, 6) is 0.539. The van der Waals surface area contributed by atoms with Crippen LogP contribution >= 0.6 is 11.3 Å². The van der Waals surface area contributed by atoms with Crippen molar-refractivity contribution in [2.75, 3.05) is 31.6 Å². The van der Waals surface area contributed by atoms with Crippen molar-refractivity contribution in [1.82, 2.24) is 9.88 Å². The molecule has 13 heteroatoms. The van der Waals surface area contributed by atoms with Crippen LogP contribution in [0.15, 0.2) is 22.1 Å². The molecule has 0 amide bonds. The molecular weight excluding hydrogens is 499 g/mol. The molecule has 2 heterocycles. The van der Waals surface area contributed by atoms with Gasteiger partial charge in [-0.2, -0.15) is 18.2 Å². The number of nitro benzene ring substituents is 1. The number of piperazine rings is 1. The van der Waals surface area contributed by atoms with E-state index in [1.165, 1.54) is 0 Å². The second kappa shape index (κ2) is 10.3. The summed E-state index contributed by atoms with van der Waals surface area (Å²) in [5, 5.41) is 15.5. The van der Waals surface area contributed by atoms with Crippen LogP contribution in [0.5, 0.6) is 0 Å². The standard InChI is InChI=1S/C23H28F3N5O4S/c1-13-10-29(11-14(2)30(13)12-15-4-6-17(7-5-15)28-35-3)22-27-21(32)18-8-16(23(24,25)26)9-19(31(33)34)20(18)36-22/h8-9,13-15H,4-7,10-12H2,1-3H3. The number of fused-ring (bicyclic) bond motifs is 1. The maximum absolute atomic E-state index is 13.2. The molecule has 0 bridgehead atoms. The van der Waals surface area contributed by atoms with Crippen molar-refractivity contribution in [3.63, 3.8) is 0 Å². The number of hydrogen-bond acceptors (Lipinski definition) is 9. The Bertz CT molecular complexity index is 1210. The molecule has 2 atom stereocenters. The van der Waals surface area contributed by atoms with Gasteiger partial charge in [-0.1, -0.05) is 16.5 Å². The van der Waals surface area contributed by atoms with Gasteiger partial charge in [-0.15, -0.1) is 0 Å². The number of alkyl halides is 3. The molecule has 4 rings (SSSR count). The summed E-state index contributed by atoms with van der Waals surface area (Å²) in [6, 6.07) is 1.39. The smallest absolute Gasteiger partial charge is 0.399 e. The first kappa shape index (κ1) is 26.3. The Kier molecular flexibility index (Phi) is 7.51. The number of oxime groups is 1. The van der Waals surface area contributed by atoms with Crippen LogP contribution in [-0.4, -0.2) is 59.3 Å². The van der Waals surface area contributed by atoms with Crippen LogP contribution in [0.1, 0.15) is 45.1 Å². The first-order valence-electron chi connectivity index (χ1n) is 11.8. The monoisotopic (exact) mass is 527 g/mol. The zero-order valence-corrected chi connectivity index (χ0v) is 21.1. The molecule has 0 radical (unpaired) electrons. The van der Waals surface area contributed by atoms with Gasteiger partial charge < -0.3 is 9.74 Å². The second-order valence-electron chi connectivity index (χ2n) is 9.51. The average Bonchev–Trinajstić information content (AvgIpc) is 2.81. The molecule has 1 saturated carbocycles. The molecule has 2 unspecified atom stereocenters. The Morgan fingerprint density at radius 2 is 1.86 bits per heavy atom. The fourth-order valence-electron chi connectivity index (χ4n) is 5.16. The first-order valence-corrected chi connectivity index (χ1v) is 12.6. The predicted octanol–water partition coefficient (Wildman–Crippen LogP) is 4.68. The van der Waals surface area contributed by atoms with E-state index in [0.717, 1.165) is 49.3 Å². The van der Waals surface area contributed by atoms with Crippen molar-refractivity contribution in [1.29, 1.82) is 0 Å². The maximum atomic E-state index is 13.2. The van der Waals surface area contributed by atoms with Crippen LogP contribution in [0.2, 0.25) is 0 Å². The highest BCUT2D eigenvalue weighted by Gasteiger charge is 2.36. The number of benzene rings is 1. The molecule has 2 fully saturated rings. The highest BCUT2D eigenvalue weighted by Crippen LogP contribution is 2.39. The quantitative estimate of drug-likeness (QED) is 0.411. The van der Waals surface area contributed by atoms with Gasteiger partial charge in [0.15, 0.2) is 5.13 Å². The van der Waals surface area contributed by atoms with E-state index in [4.69, 9.17) is 4.84 Å². The van der Waals surface area contributed by atoms with E-state index in [2.05, 4.69) is 28.9 Å². The fourth-order valence-corrected chi connectivity index (χ4v) is 6.24. The number of nitrogens with zero attached hydrogens (tertiary/aromatic N) is 5. The zero-order chi connectivity index (χ0) is 26.2. The van der Waals surface area contributed by atoms with Crippen molar-refractivity contribution in [2.24, 2.45) is 11.1 Å². The molecular formula is C23H28F3N5O4S. The van der Waals surface area contributed by atoms with Crippen LogP contribution in [0.25, 0.3) is 10.1 Å². The minimum absolute atomic E-state index is 0.0959. The van der Waals surface area contributed by atoms with Gasteiger partial charge in [-0.05, 0) is 51.5 Å².